The number of halogens is 3. The maximum absolute atomic E-state index is 12.7. The molecule has 87 valence electrons. The van der Waals surface area contributed by atoms with E-state index in [-0.39, 0.29) is 11.3 Å². The Kier molecular flexibility index (Phi) is 2.74. The van der Waals surface area contributed by atoms with Gasteiger partial charge >= 0.3 is 6.18 Å². The molecule has 0 fully saturated rings. The van der Waals surface area contributed by atoms with Crippen LogP contribution in [0.15, 0.2) is 18.5 Å². The summed E-state index contributed by atoms with van der Waals surface area (Å²) in [5.74, 6) is 0. The lowest BCUT2D eigenvalue weighted by molar-refractivity contribution is -0.137. The monoisotopic (exact) mass is 239 g/mol. The Balaban J connectivity index is 2.65. The van der Waals surface area contributed by atoms with Crippen molar-refractivity contribution in [2.75, 3.05) is 0 Å². The van der Waals surface area contributed by atoms with E-state index in [4.69, 9.17) is 0 Å². The van der Waals surface area contributed by atoms with Gasteiger partial charge in [0.05, 0.1) is 18.0 Å². The fraction of sp³-hybridized carbons (Fsp3) is 0.200. The number of nitrogens with zero attached hydrogens (tertiary/aromatic N) is 4. The van der Waals surface area contributed by atoms with E-state index in [0.717, 1.165) is 12.3 Å². The minimum absolute atomic E-state index is 0.153. The molecule has 0 aromatic carbocycles. The number of hydrogen-bond acceptors (Lipinski definition) is 4. The van der Waals surface area contributed by atoms with Crippen molar-refractivity contribution < 1.29 is 13.2 Å². The fourth-order valence-corrected chi connectivity index (χ4v) is 1.33. The molecule has 2 aromatic heterocycles. The molecule has 0 N–H and O–H groups in total. The van der Waals surface area contributed by atoms with E-state index in [1.54, 1.807) is 6.92 Å². The maximum atomic E-state index is 12.7. The van der Waals surface area contributed by atoms with Crippen LogP contribution in [0.5, 0.6) is 0 Å². The van der Waals surface area contributed by atoms with E-state index in [0.29, 0.717) is 5.56 Å². The zero-order valence-electron chi connectivity index (χ0n) is 8.65. The van der Waals surface area contributed by atoms with E-state index < -0.39 is 11.7 Å². The summed E-state index contributed by atoms with van der Waals surface area (Å²) in [6.45, 7) is 1.61. The van der Waals surface area contributed by atoms with Gasteiger partial charge in [0.2, 0.25) is 0 Å². The largest absolute Gasteiger partial charge is 0.418 e. The highest BCUT2D eigenvalue weighted by Crippen LogP contribution is 2.35. The Morgan fingerprint density at radius 3 is 2.65 bits per heavy atom. The van der Waals surface area contributed by atoms with Crippen LogP contribution >= 0.6 is 0 Å². The van der Waals surface area contributed by atoms with Gasteiger partial charge in [-0.05, 0) is 18.6 Å². The molecule has 0 spiro atoms. The molecule has 2 heterocycles. The fourth-order valence-electron chi connectivity index (χ4n) is 1.33. The van der Waals surface area contributed by atoms with Crippen molar-refractivity contribution in [3.05, 3.63) is 35.8 Å². The molecule has 2 aromatic rings. The van der Waals surface area contributed by atoms with Crippen LogP contribution in [0.25, 0.3) is 11.3 Å². The van der Waals surface area contributed by atoms with Crippen LogP contribution in [0.3, 0.4) is 0 Å². The maximum Gasteiger partial charge on any atom is 0.418 e. The lowest BCUT2D eigenvalue weighted by atomic mass is 10.1. The van der Waals surface area contributed by atoms with Gasteiger partial charge in [-0.2, -0.15) is 23.4 Å². The second-order valence-electron chi connectivity index (χ2n) is 3.31. The summed E-state index contributed by atoms with van der Waals surface area (Å²) in [7, 11) is 0. The third-order valence-corrected chi connectivity index (χ3v) is 2.13. The lowest BCUT2D eigenvalue weighted by Gasteiger charge is -2.11. The smallest absolute Gasteiger partial charge is 0.166 e. The quantitative estimate of drug-likeness (QED) is 0.764. The predicted octanol–water partition coefficient (Wildman–Crippen LogP) is 2.06. The second kappa shape index (κ2) is 4.08. The SMILES string of the molecule is Cc1cnn[c]c1-c1nnccc1C(F)(F)F. The first kappa shape index (κ1) is 11.4. The molecule has 0 saturated heterocycles. The Hall–Kier alpha value is -2.05. The standard InChI is InChI=1S/C10H6F3N4/c1-6-4-15-16-5-7(6)9-8(10(11,12)13)2-3-14-17-9/h2-4H,1H3. The molecule has 7 heteroatoms. The minimum atomic E-state index is -4.49. The van der Waals surface area contributed by atoms with Crippen molar-refractivity contribution in [2.24, 2.45) is 0 Å². The number of aryl methyl sites for hydroxylation is 1. The van der Waals surface area contributed by atoms with Crippen molar-refractivity contribution in [1.82, 2.24) is 20.4 Å². The Morgan fingerprint density at radius 1 is 1.24 bits per heavy atom. The molecule has 0 saturated carbocycles. The highest BCUT2D eigenvalue weighted by molar-refractivity contribution is 5.64. The molecule has 0 bridgehead atoms. The van der Waals surface area contributed by atoms with Crippen molar-refractivity contribution in [1.29, 1.82) is 0 Å². The Morgan fingerprint density at radius 2 is 2.00 bits per heavy atom. The van der Waals surface area contributed by atoms with E-state index in [2.05, 4.69) is 26.6 Å². The van der Waals surface area contributed by atoms with Crippen LogP contribution in [-0.2, 0) is 6.18 Å². The molecule has 17 heavy (non-hydrogen) atoms. The highest BCUT2D eigenvalue weighted by atomic mass is 19.4. The van der Waals surface area contributed by atoms with Gasteiger partial charge in [-0.25, -0.2) is 0 Å². The summed E-state index contributed by atoms with van der Waals surface area (Å²) in [6, 6.07) is 0.871. The molecular weight excluding hydrogens is 233 g/mol. The Bertz CT molecular complexity index is 539. The zero-order valence-corrected chi connectivity index (χ0v) is 8.65. The third-order valence-electron chi connectivity index (χ3n) is 2.13. The van der Waals surface area contributed by atoms with Crippen molar-refractivity contribution >= 4 is 0 Å². The van der Waals surface area contributed by atoms with Gasteiger partial charge in [0.1, 0.15) is 11.9 Å². The number of rotatable bonds is 1. The Labute approximate surface area is 94.5 Å². The molecule has 0 aliphatic carbocycles. The zero-order chi connectivity index (χ0) is 12.5. The second-order valence-corrected chi connectivity index (χ2v) is 3.31. The van der Waals surface area contributed by atoms with Crippen LogP contribution in [0.1, 0.15) is 11.1 Å². The summed E-state index contributed by atoms with van der Waals surface area (Å²) in [5, 5.41) is 13.9. The van der Waals surface area contributed by atoms with E-state index in [9.17, 15) is 13.2 Å². The summed E-state index contributed by atoms with van der Waals surface area (Å²) >= 11 is 0. The third kappa shape index (κ3) is 2.22. The van der Waals surface area contributed by atoms with Gasteiger partial charge in [-0.3, -0.25) is 0 Å². The van der Waals surface area contributed by atoms with Crippen molar-refractivity contribution in [2.45, 2.75) is 13.1 Å². The predicted molar refractivity (Wildman–Crippen MR) is 51.6 cm³/mol. The van der Waals surface area contributed by atoms with E-state index >= 15 is 0 Å². The molecule has 0 aliphatic heterocycles. The highest BCUT2D eigenvalue weighted by Gasteiger charge is 2.35. The number of hydrogen-bond donors (Lipinski definition) is 0. The van der Waals surface area contributed by atoms with Gasteiger partial charge in [-0.1, -0.05) is 0 Å². The molecule has 0 aliphatic rings. The summed E-state index contributed by atoms with van der Waals surface area (Å²) < 4.78 is 38.2. The molecule has 0 atom stereocenters. The summed E-state index contributed by atoms with van der Waals surface area (Å²) in [4.78, 5) is 0. The number of aromatic nitrogens is 4. The first-order valence-electron chi connectivity index (χ1n) is 4.59. The van der Waals surface area contributed by atoms with Crippen LogP contribution in [-0.4, -0.2) is 20.4 Å². The van der Waals surface area contributed by atoms with Crippen LogP contribution < -0.4 is 0 Å². The molecule has 0 amide bonds. The van der Waals surface area contributed by atoms with Crippen LogP contribution in [0.4, 0.5) is 13.2 Å². The topological polar surface area (TPSA) is 51.6 Å². The van der Waals surface area contributed by atoms with Gasteiger partial charge in [0.25, 0.3) is 0 Å². The normalized spacial score (nSPS) is 11.5. The van der Waals surface area contributed by atoms with E-state index in [1.165, 1.54) is 6.20 Å². The lowest BCUT2D eigenvalue weighted by Crippen LogP contribution is -2.09. The molecule has 1 radical (unpaired) electrons. The van der Waals surface area contributed by atoms with Gasteiger partial charge < -0.3 is 0 Å². The number of alkyl halides is 3. The minimum Gasteiger partial charge on any atom is -0.166 e. The van der Waals surface area contributed by atoms with Gasteiger partial charge in [-0.15, -0.1) is 10.2 Å². The van der Waals surface area contributed by atoms with E-state index in [1.807, 2.05) is 0 Å². The average Bonchev–Trinajstić information content (AvgIpc) is 2.28. The molecule has 4 nitrogen and oxygen atoms in total. The first-order valence-corrected chi connectivity index (χ1v) is 4.59. The van der Waals surface area contributed by atoms with Crippen LogP contribution in [0.2, 0.25) is 0 Å². The van der Waals surface area contributed by atoms with Gasteiger partial charge in [0.15, 0.2) is 0 Å². The molecular formula is C10H6F3N4. The summed E-state index contributed by atoms with van der Waals surface area (Å²) in [6.07, 6.45) is 0.255. The first-order chi connectivity index (χ1) is 8.00. The molecule has 0 unspecified atom stereocenters. The van der Waals surface area contributed by atoms with Crippen LogP contribution in [0, 0.1) is 13.1 Å². The van der Waals surface area contributed by atoms with Crippen molar-refractivity contribution in [3.63, 3.8) is 0 Å². The molecule has 2 rings (SSSR count). The van der Waals surface area contributed by atoms with Gasteiger partial charge in [0, 0.05) is 5.56 Å². The average molecular weight is 239 g/mol. The summed E-state index contributed by atoms with van der Waals surface area (Å²) in [5.41, 5.74) is -0.487. The van der Waals surface area contributed by atoms with Crippen molar-refractivity contribution in [3.8, 4) is 11.3 Å².